The van der Waals surface area contributed by atoms with Crippen LogP contribution in [0.25, 0.3) is 0 Å². The molecule has 2 fully saturated rings. The van der Waals surface area contributed by atoms with Crippen LogP contribution < -0.4 is 5.73 Å². The Kier molecular flexibility index (Phi) is 3.71. The standard InChI is InChI=1S/C16H23N3O2/c1-19-9-12-4-3-5-13(10-19)16(12,21-2)14-8-11(15(17)20)6-7-18-14/h6-8,12-13H,3-5,9-10H2,1-2H3,(H2,17,20)/t12-,13+,16-. The number of nitrogens with two attached hydrogens (primary N) is 1. The van der Waals surface area contributed by atoms with Crippen LogP contribution in [0.5, 0.6) is 0 Å². The SMILES string of the molecule is CO[C@]1(c2cc(C(N)=O)ccn2)[C@@H]2CCC[C@H]1CN(C)C2. The molecule has 21 heavy (non-hydrogen) atoms. The number of likely N-dealkylation sites (tertiary alicyclic amines) is 1. The molecule has 0 spiro atoms. The Labute approximate surface area is 125 Å². The van der Waals surface area contributed by atoms with Crippen LogP contribution in [0.4, 0.5) is 0 Å². The van der Waals surface area contributed by atoms with Gasteiger partial charge in [0.15, 0.2) is 0 Å². The molecule has 5 heteroatoms. The highest BCUT2D eigenvalue weighted by atomic mass is 16.5. The van der Waals surface area contributed by atoms with E-state index in [1.165, 1.54) is 6.42 Å². The van der Waals surface area contributed by atoms with Gasteiger partial charge in [-0.3, -0.25) is 9.78 Å². The van der Waals surface area contributed by atoms with E-state index < -0.39 is 5.91 Å². The predicted molar refractivity (Wildman–Crippen MR) is 79.8 cm³/mol. The van der Waals surface area contributed by atoms with Crippen LogP contribution in [0, 0.1) is 11.8 Å². The maximum Gasteiger partial charge on any atom is 0.248 e. The van der Waals surface area contributed by atoms with Crippen molar-refractivity contribution in [2.75, 3.05) is 27.2 Å². The number of rotatable bonds is 3. The van der Waals surface area contributed by atoms with Crippen LogP contribution in [-0.2, 0) is 10.3 Å². The molecular formula is C16H23N3O2. The number of nitrogens with zero attached hydrogens (tertiary/aromatic N) is 2. The molecule has 1 saturated heterocycles. The van der Waals surface area contributed by atoms with Gasteiger partial charge in [0.05, 0.1) is 5.69 Å². The number of hydrogen-bond donors (Lipinski definition) is 1. The summed E-state index contributed by atoms with van der Waals surface area (Å²) < 4.78 is 6.07. The number of carbonyl (C=O) groups excluding carboxylic acids is 1. The molecule has 2 N–H and O–H groups in total. The normalized spacial score (nSPS) is 32.9. The van der Waals surface area contributed by atoms with Gasteiger partial charge in [-0.05, 0) is 32.0 Å². The maximum atomic E-state index is 11.5. The van der Waals surface area contributed by atoms with Gasteiger partial charge in [0, 0.05) is 43.8 Å². The third-order valence-electron chi connectivity index (χ3n) is 5.16. The smallest absolute Gasteiger partial charge is 0.248 e. The van der Waals surface area contributed by atoms with E-state index in [1.807, 2.05) is 6.07 Å². The van der Waals surface area contributed by atoms with Crippen molar-refractivity contribution in [3.63, 3.8) is 0 Å². The molecule has 1 aromatic heterocycles. The van der Waals surface area contributed by atoms with Gasteiger partial charge in [-0.25, -0.2) is 0 Å². The minimum absolute atomic E-state index is 0.379. The average Bonchev–Trinajstić information content (AvgIpc) is 2.46. The Hall–Kier alpha value is -1.46. The van der Waals surface area contributed by atoms with E-state index in [-0.39, 0.29) is 5.60 Å². The zero-order chi connectivity index (χ0) is 15.0. The van der Waals surface area contributed by atoms with Crippen molar-refractivity contribution in [1.82, 2.24) is 9.88 Å². The molecule has 3 atom stereocenters. The molecule has 1 aliphatic heterocycles. The summed E-state index contributed by atoms with van der Waals surface area (Å²) >= 11 is 0. The highest BCUT2D eigenvalue weighted by Crippen LogP contribution is 2.50. The van der Waals surface area contributed by atoms with Gasteiger partial charge >= 0.3 is 0 Å². The van der Waals surface area contributed by atoms with Crippen molar-refractivity contribution >= 4 is 5.91 Å². The largest absolute Gasteiger partial charge is 0.371 e. The lowest BCUT2D eigenvalue weighted by Crippen LogP contribution is -2.58. The fourth-order valence-corrected chi connectivity index (χ4v) is 4.31. The van der Waals surface area contributed by atoms with Gasteiger partial charge in [-0.15, -0.1) is 0 Å². The molecule has 2 aliphatic rings. The van der Waals surface area contributed by atoms with Crippen molar-refractivity contribution in [1.29, 1.82) is 0 Å². The number of primary amides is 1. The van der Waals surface area contributed by atoms with E-state index in [0.717, 1.165) is 31.6 Å². The highest BCUT2D eigenvalue weighted by Gasteiger charge is 2.53. The van der Waals surface area contributed by atoms with Gasteiger partial charge in [-0.2, -0.15) is 0 Å². The third kappa shape index (κ3) is 2.24. The molecule has 0 unspecified atom stereocenters. The monoisotopic (exact) mass is 289 g/mol. The molecule has 2 heterocycles. The minimum atomic E-state index is -0.414. The zero-order valence-corrected chi connectivity index (χ0v) is 12.7. The number of hydrogen-bond acceptors (Lipinski definition) is 4. The van der Waals surface area contributed by atoms with E-state index >= 15 is 0 Å². The van der Waals surface area contributed by atoms with Gasteiger partial charge in [0.2, 0.25) is 5.91 Å². The van der Waals surface area contributed by atoms with Crippen LogP contribution in [0.3, 0.4) is 0 Å². The van der Waals surface area contributed by atoms with E-state index in [4.69, 9.17) is 10.5 Å². The summed E-state index contributed by atoms with van der Waals surface area (Å²) in [6.45, 7) is 2.01. The lowest BCUT2D eigenvalue weighted by atomic mass is 9.63. The van der Waals surface area contributed by atoms with E-state index in [9.17, 15) is 4.79 Å². The number of carbonyl (C=O) groups is 1. The second kappa shape index (κ2) is 5.39. The molecule has 3 rings (SSSR count). The quantitative estimate of drug-likeness (QED) is 0.913. The van der Waals surface area contributed by atoms with Crippen LogP contribution in [0.15, 0.2) is 18.3 Å². The predicted octanol–water partition coefficient (Wildman–Crippen LogP) is 1.38. The topological polar surface area (TPSA) is 68.5 Å². The summed E-state index contributed by atoms with van der Waals surface area (Å²) in [7, 11) is 3.94. The molecule has 114 valence electrons. The molecule has 2 bridgehead atoms. The average molecular weight is 289 g/mol. The van der Waals surface area contributed by atoms with Crippen LogP contribution in [0.2, 0.25) is 0 Å². The van der Waals surface area contributed by atoms with Crippen molar-refractivity contribution in [3.05, 3.63) is 29.6 Å². The summed E-state index contributed by atoms with van der Waals surface area (Å²) in [5.41, 5.74) is 6.41. The Bertz CT molecular complexity index is 532. The van der Waals surface area contributed by atoms with Crippen molar-refractivity contribution in [3.8, 4) is 0 Å². The van der Waals surface area contributed by atoms with E-state index in [1.54, 1.807) is 19.4 Å². The molecule has 1 amide bonds. The number of pyridine rings is 1. The Morgan fingerprint density at radius 2 is 2.10 bits per heavy atom. The lowest BCUT2D eigenvalue weighted by Gasteiger charge is -2.54. The van der Waals surface area contributed by atoms with Crippen molar-refractivity contribution in [2.45, 2.75) is 24.9 Å². The van der Waals surface area contributed by atoms with Gasteiger partial charge < -0.3 is 15.4 Å². The van der Waals surface area contributed by atoms with Crippen LogP contribution >= 0.6 is 0 Å². The number of aromatic nitrogens is 1. The first kappa shape index (κ1) is 14.5. The van der Waals surface area contributed by atoms with Crippen molar-refractivity contribution in [2.24, 2.45) is 17.6 Å². The van der Waals surface area contributed by atoms with Gasteiger partial charge in [0.1, 0.15) is 5.60 Å². The summed E-state index contributed by atoms with van der Waals surface area (Å²) in [5.74, 6) is 0.411. The number of ether oxygens (including phenoxy) is 1. The first-order valence-electron chi connectivity index (χ1n) is 7.58. The molecule has 5 nitrogen and oxygen atoms in total. The number of fused-ring (bicyclic) bond motifs is 2. The molecular weight excluding hydrogens is 266 g/mol. The highest BCUT2D eigenvalue weighted by molar-refractivity contribution is 5.92. The second-order valence-electron chi connectivity index (χ2n) is 6.34. The molecule has 1 saturated carbocycles. The van der Waals surface area contributed by atoms with Crippen molar-refractivity contribution < 1.29 is 9.53 Å². The number of methoxy groups -OCH3 is 1. The zero-order valence-electron chi connectivity index (χ0n) is 12.7. The minimum Gasteiger partial charge on any atom is -0.371 e. The maximum absolute atomic E-state index is 11.5. The first-order chi connectivity index (χ1) is 10.1. The summed E-state index contributed by atoms with van der Waals surface area (Å²) in [6, 6.07) is 3.49. The molecule has 1 aliphatic carbocycles. The summed E-state index contributed by atoms with van der Waals surface area (Å²) in [4.78, 5) is 18.4. The summed E-state index contributed by atoms with van der Waals surface area (Å²) in [6.07, 6.45) is 5.18. The fraction of sp³-hybridized carbons (Fsp3) is 0.625. The first-order valence-corrected chi connectivity index (χ1v) is 7.58. The van der Waals surface area contributed by atoms with E-state index in [2.05, 4.69) is 16.9 Å². The molecule has 1 aromatic rings. The second-order valence-corrected chi connectivity index (χ2v) is 6.34. The number of amides is 1. The van der Waals surface area contributed by atoms with Gasteiger partial charge in [0.25, 0.3) is 0 Å². The Morgan fingerprint density at radius 1 is 1.43 bits per heavy atom. The molecule has 0 radical (unpaired) electrons. The van der Waals surface area contributed by atoms with Gasteiger partial charge in [-0.1, -0.05) is 6.42 Å². The Balaban J connectivity index is 2.07. The summed E-state index contributed by atoms with van der Waals surface area (Å²) in [5, 5.41) is 0. The van der Waals surface area contributed by atoms with Crippen LogP contribution in [0.1, 0.15) is 35.3 Å². The Morgan fingerprint density at radius 3 is 2.67 bits per heavy atom. The lowest BCUT2D eigenvalue weighted by molar-refractivity contribution is -0.168. The molecule has 0 aromatic carbocycles. The van der Waals surface area contributed by atoms with Crippen LogP contribution in [-0.4, -0.2) is 43.0 Å². The fourth-order valence-electron chi connectivity index (χ4n) is 4.31. The third-order valence-corrected chi connectivity index (χ3v) is 5.16. The van der Waals surface area contributed by atoms with E-state index in [0.29, 0.717) is 17.4 Å². The number of piperidine rings is 1.